The van der Waals surface area contributed by atoms with Crippen LogP contribution in [0.2, 0.25) is 5.15 Å². The molecule has 21 heavy (non-hydrogen) atoms. The van der Waals surface area contributed by atoms with Gasteiger partial charge in [-0.1, -0.05) is 35.9 Å². The Hall–Kier alpha value is -2.47. The Morgan fingerprint density at radius 2 is 2.00 bits per heavy atom. The van der Waals surface area contributed by atoms with Crippen LogP contribution in [0.5, 0.6) is 0 Å². The number of nitro groups is 1. The topological polar surface area (TPSA) is 76.3 Å². The van der Waals surface area contributed by atoms with Crippen molar-refractivity contribution in [2.75, 3.05) is 7.05 Å². The summed E-state index contributed by atoms with van der Waals surface area (Å²) in [6.45, 7) is 0.115. The highest BCUT2D eigenvalue weighted by Gasteiger charge is 2.18. The third-order valence-corrected chi connectivity index (χ3v) is 3.09. The molecule has 0 aliphatic rings. The van der Waals surface area contributed by atoms with E-state index in [1.165, 1.54) is 11.0 Å². The molecule has 2 aromatic rings. The van der Waals surface area contributed by atoms with Crippen LogP contribution in [0, 0.1) is 10.1 Å². The summed E-state index contributed by atoms with van der Waals surface area (Å²) in [5.41, 5.74) is 0.639. The van der Waals surface area contributed by atoms with Gasteiger partial charge in [0.05, 0.1) is 11.5 Å². The molecule has 7 heteroatoms. The van der Waals surface area contributed by atoms with Gasteiger partial charge in [0, 0.05) is 18.7 Å². The van der Waals surface area contributed by atoms with Crippen molar-refractivity contribution < 1.29 is 9.72 Å². The molecule has 0 N–H and O–H groups in total. The zero-order valence-electron chi connectivity index (χ0n) is 11.2. The van der Waals surface area contributed by atoms with Gasteiger partial charge in [0.15, 0.2) is 0 Å². The maximum atomic E-state index is 12.2. The molecule has 1 aromatic heterocycles. The number of rotatable bonds is 4. The minimum atomic E-state index is -0.467. The molecule has 0 fully saturated rings. The highest BCUT2D eigenvalue weighted by Crippen LogP contribution is 2.19. The molecule has 0 aliphatic heterocycles. The van der Waals surface area contributed by atoms with Crippen molar-refractivity contribution in [2.24, 2.45) is 0 Å². The summed E-state index contributed by atoms with van der Waals surface area (Å²) in [5.74, 6) is -0.351. The molecule has 0 radical (unpaired) electrons. The zero-order chi connectivity index (χ0) is 15.4. The third-order valence-electron chi connectivity index (χ3n) is 2.88. The monoisotopic (exact) mass is 305 g/mol. The summed E-state index contributed by atoms with van der Waals surface area (Å²) < 4.78 is 0. The van der Waals surface area contributed by atoms with Gasteiger partial charge in [0.1, 0.15) is 10.8 Å². The smallest absolute Gasteiger partial charge is 0.274 e. The molecule has 2 rings (SSSR count). The van der Waals surface area contributed by atoms with Gasteiger partial charge in [0.2, 0.25) is 0 Å². The summed E-state index contributed by atoms with van der Waals surface area (Å²) in [6, 6.07) is 11.0. The van der Waals surface area contributed by atoms with Crippen molar-refractivity contribution in [1.29, 1.82) is 0 Å². The molecule has 6 nitrogen and oxygen atoms in total. The Labute approximate surface area is 126 Å². The minimum Gasteiger partial charge on any atom is -0.336 e. The number of para-hydroxylation sites is 1. The van der Waals surface area contributed by atoms with E-state index in [1.807, 2.05) is 0 Å². The molecule has 0 bridgehead atoms. The van der Waals surface area contributed by atoms with Crippen LogP contribution in [0.25, 0.3) is 0 Å². The van der Waals surface area contributed by atoms with Gasteiger partial charge < -0.3 is 4.90 Å². The van der Waals surface area contributed by atoms with Gasteiger partial charge in [-0.2, -0.15) is 0 Å². The number of benzene rings is 1. The number of hydrogen-bond acceptors (Lipinski definition) is 4. The van der Waals surface area contributed by atoms with E-state index < -0.39 is 4.92 Å². The number of nitrogens with zero attached hydrogens (tertiary/aromatic N) is 3. The van der Waals surface area contributed by atoms with Crippen LogP contribution in [0.1, 0.15) is 16.1 Å². The lowest BCUT2D eigenvalue weighted by Crippen LogP contribution is -2.27. The van der Waals surface area contributed by atoms with Crippen molar-refractivity contribution >= 4 is 23.2 Å². The van der Waals surface area contributed by atoms with Crippen LogP contribution in [0.3, 0.4) is 0 Å². The highest BCUT2D eigenvalue weighted by atomic mass is 35.5. The first-order chi connectivity index (χ1) is 9.99. The van der Waals surface area contributed by atoms with Crippen LogP contribution in [0.4, 0.5) is 5.69 Å². The summed E-state index contributed by atoms with van der Waals surface area (Å²) >= 11 is 5.75. The Morgan fingerprint density at radius 1 is 1.29 bits per heavy atom. The number of aromatic nitrogens is 1. The molecule has 0 saturated heterocycles. The summed E-state index contributed by atoms with van der Waals surface area (Å²) in [5, 5.41) is 11.2. The second-order valence-electron chi connectivity index (χ2n) is 4.39. The molecule has 1 heterocycles. The standard InChI is InChI=1S/C14H12ClN3O3/c1-17(14(19)11-6-4-8-13(15)16-11)9-10-5-2-3-7-12(10)18(20)21/h2-8H,9H2,1H3. The first-order valence-electron chi connectivity index (χ1n) is 6.09. The molecule has 108 valence electrons. The van der Waals surface area contributed by atoms with E-state index in [4.69, 9.17) is 11.6 Å². The Kier molecular flexibility index (Phi) is 4.49. The van der Waals surface area contributed by atoms with Crippen LogP contribution >= 0.6 is 11.6 Å². The van der Waals surface area contributed by atoms with Gasteiger partial charge >= 0.3 is 0 Å². The largest absolute Gasteiger partial charge is 0.336 e. The maximum absolute atomic E-state index is 12.2. The number of pyridine rings is 1. The van der Waals surface area contributed by atoms with E-state index in [0.717, 1.165) is 0 Å². The quantitative estimate of drug-likeness (QED) is 0.494. The van der Waals surface area contributed by atoms with Crippen molar-refractivity contribution in [1.82, 2.24) is 9.88 Å². The number of nitro benzene ring substituents is 1. The fourth-order valence-corrected chi connectivity index (χ4v) is 2.04. The Balaban J connectivity index is 2.20. The van der Waals surface area contributed by atoms with Crippen molar-refractivity contribution in [3.63, 3.8) is 0 Å². The van der Waals surface area contributed by atoms with Crippen molar-refractivity contribution in [3.8, 4) is 0 Å². The fourth-order valence-electron chi connectivity index (χ4n) is 1.87. The predicted octanol–water partition coefficient (Wildman–Crippen LogP) is 2.92. The molecule has 1 aromatic carbocycles. The fraction of sp³-hybridized carbons (Fsp3) is 0.143. The lowest BCUT2D eigenvalue weighted by atomic mass is 10.1. The minimum absolute atomic E-state index is 0.0174. The van der Waals surface area contributed by atoms with E-state index in [0.29, 0.717) is 5.56 Å². The summed E-state index contributed by atoms with van der Waals surface area (Å²) in [4.78, 5) is 28.0. The lowest BCUT2D eigenvalue weighted by Gasteiger charge is -2.16. The number of carbonyl (C=O) groups excluding carboxylic acids is 1. The average molecular weight is 306 g/mol. The molecule has 0 spiro atoms. The van der Waals surface area contributed by atoms with Gasteiger partial charge in [-0.3, -0.25) is 14.9 Å². The average Bonchev–Trinajstić information content (AvgIpc) is 2.46. The normalized spacial score (nSPS) is 10.2. The van der Waals surface area contributed by atoms with Crippen LogP contribution < -0.4 is 0 Å². The van der Waals surface area contributed by atoms with E-state index in [2.05, 4.69) is 4.98 Å². The van der Waals surface area contributed by atoms with Crippen LogP contribution in [-0.4, -0.2) is 27.8 Å². The zero-order valence-corrected chi connectivity index (χ0v) is 11.9. The summed E-state index contributed by atoms with van der Waals surface area (Å²) in [7, 11) is 1.56. The first-order valence-corrected chi connectivity index (χ1v) is 6.47. The van der Waals surface area contributed by atoms with Crippen LogP contribution in [0.15, 0.2) is 42.5 Å². The number of amides is 1. The first kappa shape index (κ1) is 14.9. The Bertz CT molecular complexity index is 691. The van der Waals surface area contributed by atoms with E-state index in [-0.39, 0.29) is 29.0 Å². The molecule has 0 atom stereocenters. The molecule has 0 unspecified atom stereocenters. The molecule has 1 amide bonds. The molecular formula is C14H12ClN3O3. The molecule has 0 aliphatic carbocycles. The SMILES string of the molecule is CN(Cc1ccccc1[N+](=O)[O-])C(=O)c1cccc(Cl)n1. The van der Waals surface area contributed by atoms with Gasteiger partial charge in [-0.05, 0) is 12.1 Å². The second-order valence-corrected chi connectivity index (χ2v) is 4.78. The maximum Gasteiger partial charge on any atom is 0.274 e. The van der Waals surface area contributed by atoms with Gasteiger partial charge in [-0.25, -0.2) is 4.98 Å². The van der Waals surface area contributed by atoms with Gasteiger partial charge in [0.25, 0.3) is 11.6 Å². The predicted molar refractivity (Wildman–Crippen MR) is 78.1 cm³/mol. The van der Waals surface area contributed by atoms with E-state index in [1.54, 1.807) is 43.4 Å². The molecule has 0 saturated carbocycles. The van der Waals surface area contributed by atoms with Crippen molar-refractivity contribution in [2.45, 2.75) is 6.54 Å². The number of halogens is 1. The highest BCUT2D eigenvalue weighted by molar-refractivity contribution is 6.29. The van der Waals surface area contributed by atoms with E-state index >= 15 is 0 Å². The molecular weight excluding hydrogens is 294 g/mol. The Morgan fingerprint density at radius 3 is 2.67 bits per heavy atom. The van der Waals surface area contributed by atoms with E-state index in [9.17, 15) is 14.9 Å². The third kappa shape index (κ3) is 3.55. The van der Waals surface area contributed by atoms with Crippen molar-refractivity contribution in [3.05, 3.63) is 69.0 Å². The van der Waals surface area contributed by atoms with Crippen LogP contribution in [-0.2, 0) is 6.54 Å². The second kappa shape index (κ2) is 6.32. The van der Waals surface area contributed by atoms with Gasteiger partial charge in [-0.15, -0.1) is 0 Å². The number of carbonyl (C=O) groups is 1. The number of hydrogen-bond donors (Lipinski definition) is 0. The summed E-state index contributed by atoms with van der Waals surface area (Å²) in [6.07, 6.45) is 0. The lowest BCUT2D eigenvalue weighted by molar-refractivity contribution is -0.385.